The van der Waals surface area contributed by atoms with Gasteiger partial charge >= 0.3 is 0 Å². The number of halogens is 1. The lowest BCUT2D eigenvalue weighted by atomic mass is 10.0. The van der Waals surface area contributed by atoms with Crippen LogP contribution in [0.5, 0.6) is 5.75 Å². The fourth-order valence-corrected chi connectivity index (χ4v) is 6.34. The topological polar surface area (TPSA) is 154 Å². The SMILES string of the molecule is CN1CC(=O)N2C[C@@H](NC(=O)Cc3cccc4ccccc34)C[C@H]2COc2ccc(F)cc2C(=O)N(C)[C@H](C(=O)NCCN)CCC1=O. The first kappa shape index (κ1) is 34.3. The van der Waals surface area contributed by atoms with Crippen LogP contribution in [0.3, 0.4) is 0 Å². The lowest BCUT2D eigenvalue weighted by molar-refractivity contribution is -0.140. The van der Waals surface area contributed by atoms with Crippen molar-refractivity contribution in [1.29, 1.82) is 0 Å². The highest BCUT2D eigenvalue weighted by molar-refractivity contribution is 6.00. The number of nitrogens with two attached hydrogens (primary N) is 1. The van der Waals surface area contributed by atoms with Gasteiger partial charge in [-0.25, -0.2) is 4.39 Å². The van der Waals surface area contributed by atoms with Crippen molar-refractivity contribution in [1.82, 2.24) is 25.3 Å². The van der Waals surface area contributed by atoms with Crippen LogP contribution in [-0.4, -0.2) is 109 Å². The van der Waals surface area contributed by atoms with E-state index in [0.717, 1.165) is 33.4 Å². The fourth-order valence-electron chi connectivity index (χ4n) is 6.34. The van der Waals surface area contributed by atoms with Crippen LogP contribution < -0.4 is 21.1 Å². The van der Waals surface area contributed by atoms with E-state index in [0.29, 0.717) is 6.42 Å². The van der Waals surface area contributed by atoms with Crippen molar-refractivity contribution in [2.75, 3.05) is 46.9 Å². The quantitative estimate of drug-likeness (QED) is 0.362. The maximum Gasteiger partial charge on any atom is 0.258 e. The van der Waals surface area contributed by atoms with Gasteiger partial charge in [-0.3, -0.25) is 24.0 Å². The molecular formula is C35H41FN6O6. The zero-order chi connectivity index (χ0) is 34.4. The van der Waals surface area contributed by atoms with E-state index in [4.69, 9.17) is 10.5 Å². The normalized spacial score (nSPS) is 20.8. The van der Waals surface area contributed by atoms with Crippen molar-refractivity contribution in [3.63, 3.8) is 0 Å². The molecule has 0 radical (unpaired) electrons. The van der Waals surface area contributed by atoms with E-state index in [1.165, 1.54) is 25.1 Å². The third-order valence-corrected chi connectivity index (χ3v) is 8.90. The van der Waals surface area contributed by atoms with Crippen LogP contribution in [-0.2, 0) is 25.6 Å². The lowest BCUT2D eigenvalue weighted by Gasteiger charge is -2.28. The van der Waals surface area contributed by atoms with E-state index >= 15 is 0 Å². The van der Waals surface area contributed by atoms with Crippen LogP contribution >= 0.6 is 0 Å². The summed E-state index contributed by atoms with van der Waals surface area (Å²) in [6.07, 6.45) is 0.339. The second-order valence-corrected chi connectivity index (χ2v) is 12.3. The number of nitrogens with zero attached hydrogens (tertiary/aromatic N) is 3. The van der Waals surface area contributed by atoms with Gasteiger partial charge in [-0.05, 0) is 47.4 Å². The highest BCUT2D eigenvalue weighted by Gasteiger charge is 2.38. The molecule has 0 aromatic heterocycles. The van der Waals surface area contributed by atoms with Gasteiger partial charge in [0.2, 0.25) is 23.6 Å². The van der Waals surface area contributed by atoms with Crippen molar-refractivity contribution >= 4 is 40.3 Å². The summed E-state index contributed by atoms with van der Waals surface area (Å²) < 4.78 is 20.6. The van der Waals surface area contributed by atoms with Crippen molar-refractivity contribution < 1.29 is 33.1 Å². The van der Waals surface area contributed by atoms with Crippen molar-refractivity contribution in [3.05, 3.63) is 77.6 Å². The monoisotopic (exact) mass is 660 g/mol. The van der Waals surface area contributed by atoms with Crippen molar-refractivity contribution in [2.45, 2.75) is 43.8 Å². The first-order chi connectivity index (χ1) is 23.0. The minimum absolute atomic E-state index is 0.0430. The van der Waals surface area contributed by atoms with Gasteiger partial charge in [0, 0.05) is 46.2 Å². The van der Waals surface area contributed by atoms with Crippen LogP contribution in [0.4, 0.5) is 4.39 Å². The number of fused-ring (bicyclic) bond motifs is 3. The minimum atomic E-state index is -1.07. The first-order valence-electron chi connectivity index (χ1n) is 16.0. The molecule has 5 rings (SSSR count). The Balaban J connectivity index is 1.38. The molecule has 2 aliphatic rings. The molecule has 3 aromatic carbocycles. The predicted octanol–water partition coefficient (Wildman–Crippen LogP) is 1.45. The summed E-state index contributed by atoms with van der Waals surface area (Å²) in [4.78, 5) is 70.8. The van der Waals surface area contributed by atoms with E-state index in [2.05, 4.69) is 10.6 Å². The van der Waals surface area contributed by atoms with Crippen LogP contribution in [0.25, 0.3) is 10.8 Å². The molecule has 1 fully saturated rings. The third-order valence-electron chi connectivity index (χ3n) is 8.90. The number of likely N-dealkylation sites (N-methyl/N-ethyl adjacent to an activating group) is 2. The summed E-state index contributed by atoms with van der Waals surface area (Å²) in [7, 11) is 2.91. The number of carbonyl (C=O) groups is 5. The molecule has 0 unspecified atom stereocenters. The van der Waals surface area contributed by atoms with E-state index in [1.54, 1.807) is 4.90 Å². The van der Waals surface area contributed by atoms with Gasteiger partial charge in [0.15, 0.2) is 0 Å². The van der Waals surface area contributed by atoms with Crippen LogP contribution in [0, 0.1) is 5.82 Å². The van der Waals surface area contributed by atoms with Gasteiger partial charge in [0.1, 0.15) is 24.2 Å². The van der Waals surface area contributed by atoms with Crippen molar-refractivity contribution in [2.24, 2.45) is 5.73 Å². The maximum atomic E-state index is 14.5. The zero-order valence-corrected chi connectivity index (χ0v) is 27.1. The summed E-state index contributed by atoms with van der Waals surface area (Å²) >= 11 is 0. The summed E-state index contributed by atoms with van der Waals surface area (Å²) in [5, 5.41) is 7.73. The van der Waals surface area contributed by atoms with Crippen molar-refractivity contribution in [3.8, 4) is 5.75 Å². The third kappa shape index (κ3) is 7.91. The summed E-state index contributed by atoms with van der Waals surface area (Å²) in [6, 6.07) is 15.2. The lowest BCUT2D eigenvalue weighted by Crippen LogP contribution is -2.49. The molecule has 2 heterocycles. The molecule has 4 N–H and O–H groups in total. The Bertz CT molecular complexity index is 1700. The number of benzene rings is 3. The Hall–Kier alpha value is -5.04. The number of nitrogens with one attached hydrogen (secondary N) is 2. The highest BCUT2D eigenvalue weighted by Crippen LogP contribution is 2.27. The van der Waals surface area contributed by atoms with E-state index < -0.39 is 41.7 Å². The number of amides is 5. The maximum absolute atomic E-state index is 14.5. The molecule has 3 aromatic rings. The average Bonchev–Trinajstić information content (AvgIpc) is 3.48. The number of rotatable bonds is 6. The first-order valence-corrected chi connectivity index (χ1v) is 16.0. The van der Waals surface area contributed by atoms with Crippen LogP contribution in [0.15, 0.2) is 60.7 Å². The zero-order valence-electron chi connectivity index (χ0n) is 27.1. The number of ether oxygens (including phenoxy) is 1. The molecule has 1 saturated heterocycles. The molecule has 48 heavy (non-hydrogen) atoms. The smallest absolute Gasteiger partial charge is 0.258 e. The number of carbonyl (C=O) groups excluding carboxylic acids is 5. The predicted molar refractivity (Wildman–Crippen MR) is 176 cm³/mol. The molecule has 0 aliphatic carbocycles. The molecule has 2 aliphatic heterocycles. The molecule has 0 bridgehead atoms. The minimum Gasteiger partial charge on any atom is -0.491 e. The van der Waals surface area contributed by atoms with E-state index in [-0.39, 0.29) is 75.2 Å². The van der Waals surface area contributed by atoms with Gasteiger partial charge < -0.3 is 35.8 Å². The summed E-state index contributed by atoms with van der Waals surface area (Å²) in [5.74, 6) is -2.72. The van der Waals surface area contributed by atoms with Gasteiger partial charge in [-0.2, -0.15) is 0 Å². The Morgan fingerprint density at radius 3 is 2.58 bits per heavy atom. The van der Waals surface area contributed by atoms with E-state index in [1.807, 2.05) is 42.5 Å². The second kappa shape index (κ2) is 15.2. The molecule has 5 amide bonds. The molecular weight excluding hydrogens is 619 g/mol. The Morgan fingerprint density at radius 2 is 1.79 bits per heavy atom. The fraction of sp³-hybridized carbons (Fsp3) is 0.400. The second-order valence-electron chi connectivity index (χ2n) is 12.3. The molecule has 0 spiro atoms. The van der Waals surface area contributed by atoms with Gasteiger partial charge in [0.05, 0.1) is 24.6 Å². The van der Waals surface area contributed by atoms with Crippen LogP contribution in [0.2, 0.25) is 0 Å². The molecule has 12 nitrogen and oxygen atoms in total. The molecule has 254 valence electrons. The average molecular weight is 661 g/mol. The Morgan fingerprint density at radius 1 is 1.02 bits per heavy atom. The largest absolute Gasteiger partial charge is 0.491 e. The molecule has 13 heteroatoms. The number of hydrogen-bond donors (Lipinski definition) is 3. The van der Waals surface area contributed by atoms with Crippen LogP contribution in [0.1, 0.15) is 35.2 Å². The van der Waals surface area contributed by atoms with Gasteiger partial charge in [-0.1, -0.05) is 42.5 Å². The standard InChI is InChI=1S/C35H41FN6O6/c1-40-20-33(45)42-19-25(39-31(43)16-23-8-5-7-22-6-3-4-9-27(22)23)18-26(42)21-48-30-12-10-24(36)17-28(30)35(47)41(2)29(11-13-32(40)44)34(46)38-15-14-37/h3-10,12,17,25-26,29H,11,13-16,18-21,37H2,1-2H3,(H,38,46)(H,39,43)/t25-,26-,29-/m0/s1. The van der Waals surface area contributed by atoms with Gasteiger partial charge in [0.25, 0.3) is 5.91 Å². The summed E-state index contributed by atoms with van der Waals surface area (Å²) in [6.45, 7) is 0.239. The van der Waals surface area contributed by atoms with Gasteiger partial charge in [-0.15, -0.1) is 0 Å². The summed E-state index contributed by atoms with van der Waals surface area (Å²) in [5.41, 5.74) is 6.31. The Kier molecular flexibility index (Phi) is 10.9. The number of hydrogen-bond acceptors (Lipinski definition) is 7. The molecule has 0 saturated carbocycles. The highest BCUT2D eigenvalue weighted by atomic mass is 19.1. The Labute approximate surface area is 278 Å². The molecule has 3 atom stereocenters. The van der Waals surface area contributed by atoms with E-state index in [9.17, 15) is 28.4 Å².